The molecule has 0 atom stereocenters. The molecule has 0 spiro atoms. The molecule has 1 heteroatoms. The van der Waals surface area contributed by atoms with E-state index in [-0.39, 0.29) is 0 Å². The number of rotatable bonds is 1. The smallest absolute Gasteiger partial charge is 0.0998 e. The van der Waals surface area contributed by atoms with Gasteiger partial charge in [0, 0.05) is 5.56 Å². The number of nitrogens with zero attached hydrogens (tertiary/aromatic N) is 1. The number of nitriles is 1. The van der Waals surface area contributed by atoms with Gasteiger partial charge < -0.3 is 0 Å². The van der Waals surface area contributed by atoms with Crippen molar-refractivity contribution < 1.29 is 0 Å². The SMILES string of the molecule is Cc1cccc(C#N)c1-c1ccccc1. The van der Waals surface area contributed by atoms with Gasteiger partial charge in [0.15, 0.2) is 0 Å². The predicted octanol–water partition coefficient (Wildman–Crippen LogP) is 3.53. The molecule has 72 valence electrons. The lowest BCUT2D eigenvalue weighted by Gasteiger charge is -2.07. The van der Waals surface area contributed by atoms with Crippen LogP contribution in [0.2, 0.25) is 0 Å². The Labute approximate surface area is 89.6 Å². The van der Waals surface area contributed by atoms with Crippen LogP contribution < -0.4 is 0 Å². The number of benzene rings is 2. The van der Waals surface area contributed by atoms with E-state index in [2.05, 4.69) is 6.07 Å². The lowest BCUT2D eigenvalue weighted by atomic mass is 9.96. The highest BCUT2D eigenvalue weighted by Crippen LogP contribution is 2.26. The molecular formula is C14H11N. The Morgan fingerprint density at radius 1 is 0.933 bits per heavy atom. The van der Waals surface area contributed by atoms with E-state index in [1.54, 1.807) is 0 Å². The van der Waals surface area contributed by atoms with Crippen LogP contribution in [0.25, 0.3) is 11.1 Å². The standard InChI is InChI=1S/C14H11N/c1-11-6-5-9-13(10-15)14(11)12-7-3-2-4-8-12/h2-9H,1H3. The van der Waals surface area contributed by atoms with Gasteiger partial charge in [-0.2, -0.15) is 5.26 Å². The molecule has 0 aliphatic carbocycles. The molecule has 0 saturated carbocycles. The third kappa shape index (κ3) is 1.75. The van der Waals surface area contributed by atoms with Crippen molar-refractivity contribution in [3.05, 3.63) is 59.7 Å². The van der Waals surface area contributed by atoms with E-state index in [4.69, 9.17) is 5.26 Å². The molecular weight excluding hydrogens is 182 g/mol. The van der Waals surface area contributed by atoms with Gasteiger partial charge in [-0.05, 0) is 24.1 Å². The molecule has 0 heterocycles. The first-order chi connectivity index (χ1) is 7.33. The fourth-order valence-electron chi connectivity index (χ4n) is 1.75. The summed E-state index contributed by atoms with van der Waals surface area (Å²) in [7, 11) is 0. The fraction of sp³-hybridized carbons (Fsp3) is 0.0714. The van der Waals surface area contributed by atoms with E-state index < -0.39 is 0 Å². The molecule has 1 nitrogen and oxygen atoms in total. The first-order valence-corrected chi connectivity index (χ1v) is 4.88. The van der Waals surface area contributed by atoms with Gasteiger partial charge in [-0.15, -0.1) is 0 Å². The van der Waals surface area contributed by atoms with E-state index in [9.17, 15) is 0 Å². The monoisotopic (exact) mass is 193 g/mol. The average Bonchev–Trinajstić information content (AvgIpc) is 2.29. The Bertz CT molecular complexity index is 507. The Balaban J connectivity index is 2.68. The minimum absolute atomic E-state index is 0.737. The van der Waals surface area contributed by atoms with Crippen molar-refractivity contribution in [3.63, 3.8) is 0 Å². The van der Waals surface area contributed by atoms with Gasteiger partial charge in [0.05, 0.1) is 11.6 Å². The zero-order valence-electron chi connectivity index (χ0n) is 8.57. The summed E-state index contributed by atoms with van der Waals surface area (Å²) < 4.78 is 0. The van der Waals surface area contributed by atoms with Crippen molar-refractivity contribution in [1.29, 1.82) is 5.26 Å². The maximum Gasteiger partial charge on any atom is 0.0998 e. The molecule has 0 fully saturated rings. The van der Waals surface area contributed by atoms with Gasteiger partial charge in [-0.1, -0.05) is 42.5 Å². The molecule has 0 bridgehead atoms. The summed E-state index contributed by atoms with van der Waals surface area (Å²) in [6.45, 7) is 2.03. The Morgan fingerprint density at radius 3 is 2.33 bits per heavy atom. The fourth-order valence-corrected chi connectivity index (χ4v) is 1.75. The molecule has 0 aliphatic rings. The van der Waals surface area contributed by atoms with Crippen LogP contribution in [0.3, 0.4) is 0 Å². The molecule has 0 aliphatic heterocycles. The Kier molecular flexibility index (Phi) is 2.51. The lowest BCUT2D eigenvalue weighted by Crippen LogP contribution is -1.87. The van der Waals surface area contributed by atoms with Crippen LogP contribution in [0.4, 0.5) is 0 Å². The van der Waals surface area contributed by atoms with E-state index in [1.807, 2.05) is 55.5 Å². The van der Waals surface area contributed by atoms with Gasteiger partial charge in [0.1, 0.15) is 0 Å². The molecule has 0 saturated heterocycles. The van der Waals surface area contributed by atoms with Crippen molar-refractivity contribution in [1.82, 2.24) is 0 Å². The molecule has 0 unspecified atom stereocenters. The maximum atomic E-state index is 9.05. The molecule has 0 N–H and O–H groups in total. The second-order valence-corrected chi connectivity index (χ2v) is 3.48. The number of hydrogen-bond acceptors (Lipinski definition) is 1. The zero-order valence-corrected chi connectivity index (χ0v) is 8.57. The quantitative estimate of drug-likeness (QED) is 0.679. The topological polar surface area (TPSA) is 23.8 Å². The van der Waals surface area contributed by atoms with Crippen molar-refractivity contribution in [2.45, 2.75) is 6.92 Å². The third-order valence-electron chi connectivity index (χ3n) is 2.46. The number of hydrogen-bond donors (Lipinski definition) is 0. The average molecular weight is 193 g/mol. The van der Waals surface area contributed by atoms with Gasteiger partial charge >= 0.3 is 0 Å². The maximum absolute atomic E-state index is 9.05. The first-order valence-electron chi connectivity index (χ1n) is 4.88. The minimum atomic E-state index is 0.737. The van der Waals surface area contributed by atoms with Gasteiger partial charge in [-0.25, -0.2) is 0 Å². The molecule has 0 radical (unpaired) electrons. The van der Waals surface area contributed by atoms with Crippen LogP contribution >= 0.6 is 0 Å². The van der Waals surface area contributed by atoms with Gasteiger partial charge in [0.25, 0.3) is 0 Å². The highest BCUT2D eigenvalue weighted by atomic mass is 14.2. The second-order valence-electron chi connectivity index (χ2n) is 3.48. The summed E-state index contributed by atoms with van der Waals surface area (Å²) in [6, 6.07) is 18.1. The van der Waals surface area contributed by atoms with Crippen LogP contribution in [0.15, 0.2) is 48.5 Å². The Morgan fingerprint density at radius 2 is 1.67 bits per heavy atom. The molecule has 2 aromatic rings. The van der Waals surface area contributed by atoms with Crippen LogP contribution in [0.5, 0.6) is 0 Å². The van der Waals surface area contributed by atoms with Crippen LogP contribution in [-0.4, -0.2) is 0 Å². The van der Waals surface area contributed by atoms with E-state index >= 15 is 0 Å². The van der Waals surface area contributed by atoms with Gasteiger partial charge in [-0.3, -0.25) is 0 Å². The summed E-state index contributed by atoms with van der Waals surface area (Å²) in [5.41, 5.74) is 4.02. The van der Waals surface area contributed by atoms with E-state index in [1.165, 1.54) is 0 Å². The molecule has 15 heavy (non-hydrogen) atoms. The summed E-state index contributed by atoms with van der Waals surface area (Å²) >= 11 is 0. The lowest BCUT2D eigenvalue weighted by molar-refractivity contribution is 1.41. The largest absolute Gasteiger partial charge is 0.192 e. The number of aryl methyl sites for hydroxylation is 1. The zero-order chi connectivity index (χ0) is 10.7. The molecule has 2 aromatic carbocycles. The highest BCUT2D eigenvalue weighted by molar-refractivity contribution is 5.73. The van der Waals surface area contributed by atoms with Crippen molar-refractivity contribution in [2.75, 3.05) is 0 Å². The first kappa shape index (κ1) is 9.48. The van der Waals surface area contributed by atoms with E-state index in [0.717, 1.165) is 22.3 Å². The summed E-state index contributed by atoms with van der Waals surface area (Å²) in [5.74, 6) is 0. The summed E-state index contributed by atoms with van der Waals surface area (Å²) in [4.78, 5) is 0. The van der Waals surface area contributed by atoms with Crippen molar-refractivity contribution >= 4 is 0 Å². The van der Waals surface area contributed by atoms with Crippen molar-refractivity contribution in [3.8, 4) is 17.2 Å². The highest BCUT2D eigenvalue weighted by Gasteiger charge is 2.06. The third-order valence-corrected chi connectivity index (χ3v) is 2.46. The normalized spacial score (nSPS) is 9.60. The van der Waals surface area contributed by atoms with Crippen molar-refractivity contribution in [2.24, 2.45) is 0 Å². The molecule has 0 amide bonds. The predicted molar refractivity (Wildman–Crippen MR) is 61.3 cm³/mol. The molecule has 2 rings (SSSR count). The summed E-state index contributed by atoms with van der Waals surface area (Å²) in [5, 5.41) is 9.05. The van der Waals surface area contributed by atoms with Crippen LogP contribution in [-0.2, 0) is 0 Å². The Hall–Kier alpha value is -2.07. The van der Waals surface area contributed by atoms with Gasteiger partial charge in [0.2, 0.25) is 0 Å². The van der Waals surface area contributed by atoms with Crippen LogP contribution in [0, 0.1) is 18.3 Å². The molecule has 0 aromatic heterocycles. The second kappa shape index (κ2) is 3.98. The summed E-state index contributed by atoms with van der Waals surface area (Å²) in [6.07, 6.45) is 0. The van der Waals surface area contributed by atoms with Crippen LogP contribution in [0.1, 0.15) is 11.1 Å². The van der Waals surface area contributed by atoms with E-state index in [0.29, 0.717) is 0 Å². The minimum Gasteiger partial charge on any atom is -0.192 e.